The molecule has 1 aromatic heterocycles. The molecule has 0 amide bonds. The van der Waals surface area contributed by atoms with Crippen molar-refractivity contribution in [2.24, 2.45) is 4.99 Å². The number of hydrogen-bond acceptors (Lipinski definition) is 2. The molecule has 0 aliphatic heterocycles. The first-order chi connectivity index (χ1) is 13.5. The highest BCUT2D eigenvalue weighted by Crippen LogP contribution is 2.29. The number of alkyl halides is 3. The van der Waals surface area contributed by atoms with Crippen LogP contribution in [0.4, 0.5) is 13.2 Å². The van der Waals surface area contributed by atoms with Gasteiger partial charge in [0.1, 0.15) is 0 Å². The predicted molar refractivity (Wildman–Crippen MR) is 117 cm³/mol. The van der Waals surface area contributed by atoms with Gasteiger partial charge in [-0.2, -0.15) is 18.3 Å². The average molecular weight is 515 g/mol. The molecular formula is C20H21F3IN5. The summed E-state index contributed by atoms with van der Waals surface area (Å²) in [7, 11) is 1.63. The van der Waals surface area contributed by atoms with Crippen molar-refractivity contribution >= 4 is 29.9 Å². The Morgan fingerprint density at radius 3 is 2.24 bits per heavy atom. The lowest BCUT2D eigenvalue weighted by Gasteiger charge is -2.12. The van der Waals surface area contributed by atoms with Gasteiger partial charge in [0, 0.05) is 19.8 Å². The van der Waals surface area contributed by atoms with E-state index in [1.165, 1.54) is 12.1 Å². The topological polar surface area (TPSA) is 54.2 Å². The van der Waals surface area contributed by atoms with Crippen LogP contribution in [-0.4, -0.2) is 22.8 Å². The van der Waals surface area contributed by atoms with Crippen molar-refractivity contribution < 1.29 is 13.2 Å². The fraction of sp³-hybridized carbons (Fsp3) is 0.200. The van der Waals surface area contributed by atoms with Crippen LogP contribution in [-0.2, 0) is 19.3 Å². The zero-order valence-electron chi connectivity index (χ0n) is 15.6. The van der Waals surface area contributed by atoms with Gasteiger partial charge in [0.2, 0.25) is 0 Å². The largest absolute Gasteiger partial charge is 0.416 e. The van der Waals surface area contributed by atoms with Crippen LogP contribution in [0.3, 0.4) is 0 Å². The maximum atomic E-state index is 12.6. The molecule has 0 aliphatic carbocycles. The highest BCUT2D eigenvalue weighted by molar-refractivity contribution is 14.0. The maximum absolute atomic E-state index is 12.6. The number of nitrogens with zero attached hydrogens (tertiary/aromatic N) is 3. The number of hydrogen-bond donors (Lipinski definition) is 2. The zero-order valence-corrected chi connectivity index (χ0v) is 18.0. The second kappa shape index (κ2) is 10.3. The second-order valence-corrected chi connectivity index (χ2v) is 6.06. The summed E-state index contributed by atoms with van der Waals surface area (Å²) in [5, 5.41) is 10.7. The lowest BCUT2D eigenvalue weighted by molar-refractivity contribution is -0.137. The summed E-state index contributed by atoms with van der Waals surface area (Å²) in [6.45, 7) is 0.822. The molecule has 0 aliphatic rings. The molecule has 0 saturated heterocycles. The Morgan fingerprint density at radius 1 is 0.966 bits per heavy atom. The number of aromatic nitrogens is 2. The van der Waals surface area contributed by atoms with Crippen LogP contribution >= 0.6 is 24.0 Å². The van der Waals surface area contributed by atoms with Gasteiger partial charge in [0.05, 0.1) is 23.5 Å². The molecule has 0 fully saturated rings. The van der Waals surface area contributed by atoms with Crippen LogP contribution in [0.15, 0.2) is 71.9 Å². The molecule has 2 aromatic carbocycles. The van der Waals surface area contributed by atoms with Crippen molar-refractivity contribution in [3.8, 4) is 5.69 Å². The average Bonchev–Trinajstić information content (AvgIpc) is 3.17. The molecule has 0 unspecified atom stereocenters. The Morgan fingerprint density at radius 2 is 1.62 bits per heavy atom. The number of nitrogens with one attached hydrogen (secondary N) is 2. The first-order valence-corrected chi connectivity index (χ1v) is 8.66. The van der Waals surface area contributed by atoms with Crippen molar-refractivity contribution in [3.05, 3.63) is 83.7 Å². The van der Waals surface area contributed by atoms with Crippen molar-refractivity contribution in [1.82, 2.24) is 20.4 Å². The van der Waals surface area contributed by atoms with Gasteiger partial charge >= 0.3 is 6.18 Å². The summed E-state index contributed by atoms with van der Waals surface area (Å²) < 4.78 is 39.6. The van der Waals surface area contributed by atoms with Crippen molar-refractivity contribution in [3.63, 3.8) is 0 Å². The van der Waals surface area contributed by atoms with E-state index in [9.17, 15) is 13.2 Å². The van der Waals surface area contributed by atoms with Gasteiger partial charge in [0.25, 0.3) is 0 Å². The molecule has 3 aromatic rings. The molecule has 5 nitrogen and oxygen atoms in total. The Bertz CT molecular complexity index is 921. The molecule has 9 heteroatoms. The zero-order chi connectivity index (χ0) is 20.0. The van der Waals surface area contributed by atoms with E-state index in [4.69, 9.17) is 0 Å². The molecule has 0 atom stereocenters. The number of aliphatic imine (C=N–C) groups is 1. The normalized spacial score (nSPS) is 11.7. The molecule has 0 saturated carbocycles. The number of benzene rings is 2. The van der Waals surface area contributed by atoms with Gasteiger partial charge in [-0.3, -0.25) is 4.99 Å². The molecule has 0 bridgehead atoms. The lowest BCUT2D eigenvalue weighted by atomic mass is 10.1. The summed E-state index contributed by atoms with van der Waals surface area (Å²) in [6, 6.07) is 16.7. The summed E-state index contributed by atoms with van der Waals surface area (Å²) in [5.74, 6) is 0.536. The minimum absolute atomic E-state index is 0. The van der Waals surface area contributed by atoms with E-state index in [0.29, 0.717) is 19.0 Å². The van der Waals surface area contributed by atoms with Gasteiger partial charge in [-0.1, -0.05) is 30.3 Å². The third-order valence-electron chi connectivity index (χ3n) is 4.07. The van der Waals surface area contributed by atoms with E-state index in [0.717, 1.165) is 29.1 Å². The number of guanidine groups is 1. The van der Waals surface area contributed by atoms with E-state index < -0.39 is 11.7 Å². The monoisotopic (exact) mass is 515 g/mol. The first kappa shape index (κ1) is 22.7. The van der Waals surface area contributed by atoms with Crippen LogP contribution in [0.25, 0.3) is 5.69 Å². The summed E-state index contributed by atoms with van der Waals surface area (Å²) in [5.41, 5.74) is 1.87. The molecule has 1 heterocycles. The van der Waals surface area contributed by atoms with Crippen molar-refractivity contribution in [1.29, 1.82) is 0 Å². The summed E-state index contributed by atoms with van der Waals surface area (Å²) >= 11 is 0. The smallest absolute Gasteiger partial charge is 0.352 e. The molecule has 154 valence electrons. The van der Waals surface area contributed by atoms with E-state index in [1.54, 1.807) is 11.7 Å². The third kappa shape index (κ3) is 6.48. The molecule has 29 heavy (non-hydrogen) atoms. The number of para-hydroxylation sites is 1. The van der Waals surface area contributed by atoms with E-state index in [-0.39, 0.29) is 24.0 Å². The van der Waals surface area contributed by atoms with Crippen LogP contribution in [0.2, 0.25) is 0 Å². The summed E-state index contributed by atoms with van der Waals surface area (Å²) in [6.07, 6.45) is -2.45. The Balaban J connectivity index is 0.00000300. The number of rotatable bonds is 5. The quantitative estimate of drug-likeness (QED) is 0.302. The van der Waals surface area contributed by atoms with Crippen LogP contribution in [0, 0.1) is 0 Å². The maximum Gasteiger partial charge on any atom is 0.416 e. The minimum Gasteiger partial charge on any atom is -0.352 e. The standard InChI is InChI=1S/C20H20F3N5.HI/c1-24-19(25-13-15-7-9-16(10-8-15)20(21,22)23)26-14-17-11-12-28(27-17)18-5-3-2-4-6-18;/h2-12H,13-14H2,1H3,(H2,24,25,26);1H. The van der Waals surface area contributed by atoms with Gasteiger partial charge in [-0.25, -0.2) is 4.68 Å². The Labute approximate surface area is 184 Å². The Hall–Kier alpha value is -2.56. The van der Waals surface area contributed by atoms with Crippen molar-refractivity contribution in [2.75, 3.05) is 7.05 Å². The summed E-state index contributed by atoms with van der Waals surface area (Å²) in [4.78, 5) is 4.12. The Kier molecular flexibility index (Phi) is 8.06. The first-order valence-electron chi connectivity index (χ1n) is 8.66. The molecular weight excluding hydrogens is 494 g/mol. The van der Waals surface area contributed by atoms with Crippen LogP contribution in [0.5, 0.6) is 0 Å². The van der Waals surface area contributed by atoms with Crippen LogP contribution in [0.1, 0.15) is 16.8 Å². The number of halogens is 4. The molecule has 2 N–H and O–H groups in total. The van der Waals surface area contributed by atoms with E-state index >= 15 is 0 Å². The fourth-order valence-electron chi connectivity index (χ4n) is 2.57. The van der Waals surface area contributed by atoms with Gasteiger partial charge in [-0.05, 0) is 35.9 Å². The van der Waals surface area contributed by atoms with E-state index in [1.807, 2.05) is 42.6 Å². The highest BCUT2D eigenvalue weighted by Gasteiger charge is 2.29. The second-order valence-electron chi connectivity index (χ2n) is 6.06. The highest BCUT2D eigenvalue weighted by atomic mass is 127. The SMILES string of the molecule is CN=C(NCc1ccc(C(F)(F)F)cc1)NCc1ccn(-c2ccccc2)n1.I. The van der Waals surface area contributed by atoms with Crippen LogP contribution < -0.4 is 10.6 Å². The third-order valence-corrected chi connectivity index (χ3v) is 4.07. The fourth-order valence-corrected chi connectivity index (χ4v) is 2.57. The van der Waals surface area contributed by atoms with E-state index in [2.05, 4.69) is 20.7 Å². The lowest BCUT2D eigenvalue weighted by Crippen LogP contribution is -2.36. The minimum atomic E-state index is -4.33. The predicted octanol–water partition coefficient (Wildman–Crippen LogP) is 4.37. The molecule has 3 rings (SSSR count). The van der Waals surface area contributed by atoms with Crippen molar-refractivity contribution in [2.45, 2.75) is 19.3 Å². The van der Waals surface area contributed by atoms with Gasteiger partial charge in [0.15, 0.2) is 5.96 Å². The van der Waals surface area contributed by atoms with Gasteiger partial charge in [-0.15, -0.1) is 24.0 Å². The molecule has 0 spiro atoms. The van der Waals surface area contributed by atoms with Gasteiger partial charge < -0.3 is 10.6 Å². The molecule has 0 radical (unpaired) electrons.